The second-order valence-corrected chi connectivity index (χ2v) is 5.50. The molecule has 0 spiro atoms. The Hall–Kier alpha value is -1.99. The van der Waals surface area contributed by atoms with Gasteiger partial charge in [-0.15, -0.1) is 0 Å². The van der Waals surface area contributed by atoms with Gasteiger partial charge in [-0.25, -0.2) is 0 Å². The van der Waals surface area contributed by atoms with Gasteiger partial charge in [0.15, 0.2) is 0 Å². The number of aromatic nitrogens is 1. The van der Waals surface area contributed by atoms with Crippen molar-refractivity contribution >= 4 is 11.9 Å². The first-order valence-electron chi connectivity index (χ1n) is 7.39. The second kappa shape index (κ2) is 6.25. The summed E-state index contributed by atoms with van der Waals surface area (Å²) in [5, 5.41) is 0. The molecule has 0 fully saturated rings. The SMILES string of the molecule is CCOC(=O)Cn1c(C)cc2c1CCN(C(C)C(F)(F)F)C2=O. The molecule has 1 unspecified atom stereocenters. The average molecular weight is 332 g/mol. The monoisotopic (exact) mass is 332 g/mol. The Morgan fingerprint density at radius 3 is 2.65 bits per heavy atom. The third-order valence-electron chi connectivity index (χ3n) is 4.03. The molecule has 128 valence electrons. The molecule has 0 saturated heterocycles. The van der Waals surface area contributed by atoms with E-state index in [2.05, 4.69) is 0 Å². The molecule has 2 rings (SSSR count). The molecule has 5 nitrogen and oxygen atoms in total. The van der Waals surface area contributed by atoms with E-state index in [1.807, 2.05) is 0 Å². The van der Waals surface area contributed by atoms with E-state index in [1.165, 1.54) is 6.07 Å². The van der Waals surface area contributed by atoms with Gasteiger partial charge in [-0.3, -0.25) is 9.59 Å². The molecule has 1 atom stereocenters. The molecule has 0 aromatic carbocycles. The van der Waals surface area contributed by atoms with Crippen LogP contribution in [0.1, 0.15) is 35.6 Å². The Labute approximate surface area is 132 Å². The number of carbonyl (C=O) groups is 2. The van der Waals surface area contributed by atoms with Gasteiger partial charge in [0.25, 0.3) is 5.91 Å². The van der Waals surface area contributed by atoms with E-state index in [0.29, 0.717) is 11.4 Å². The molecule has 0 aliphatic carbocycles. The van der Waals surface area contributed by atoms with Gasteiger partial charge in [0, 0.05) is 24.4 Å². The molecule has 1 aliphatic heterocycles. The Bertz CT molecular complexity index is 622. The Kier molecular flexibility index (Phi) is 4.72. The van der Waals surface area contributed by atoms with E-state index in [0.717, 1.165) is 11.8 Å². The fourth-order valence-corrected chi connectivity index (χ4v) is 2.77. The Morgan fingerprint density at radius 1 is 1.43 bits per heavy atom. The van der Waals surface area contributed by atoms with Crippen LogP contribution in [0.25, 0.3) is 0 Å². The Balaban J connectivity index is 2.28. The van der Waals surface area contributed by atoms with E-state index >= 15 is 0 Å². The number of halogens is 3. The van der Waals surface area contributed by atoms with Gasteiger partial charge in [-0.2, -0.15) is 13.2 Å². The van der Waals surface area contributed by atoms with Crippen LogP contribution in [0.3, 0.4) is 0 Å². The molecular weight excluding hydrogens is 313 g/mol. The summed E-state index contributed by atoms with van der Waals surface area (Å²) >= 11 is 0. The number of fused-ring (bicyclic) bond motifs is 1. The highest BCUT2D eigenvalue weighted by Crippen LogP contribution is 2.30. The van der Waals surface area contributed by atoms with Crippen molar-refractivity contribution in [2.45, 2.75) is 46.0 Å². The van der Waals surface area contributed by atoms with Crippen molar-refractivity contribution in [2.75, 3.05) is 13.2 Å². The third kappa shape index (κ3) is 3.35. The van der Waals surface area contributed by atoms with Crippen LogP contribution in [0, 0.1) is 6.92 Å². The fourth-order valence-electron chi connectivity index (χ4n) is 2.77. The second-order valence-electron chi connectivity index (χ2n) is 5.50. The number of alkyl halides is 3. The smallest absolute Gasteiger partial charge is 0.408 e. The molecule has 0 N–H and O–H groups in total. The number of ether oxygens (including phenoxy) is 1. The maximum Gasteiger partial charge on any atom is 0.408 e. The summed E-state index contributed by atoms with van der Waals surface area (Å²) in [5.41, 5.74) is 1.47. The summed E-state index contributed by atoms with van der Waals surface area (Å²) in [6.45, 7) is 4.55. The summed E-state index contributed by atoms with van der Waals surface area (Å²) in [4.78, 5) is 24.9. The first-order chi connectivity index (χ1) is 10.7. The van der Waals surface area contributed by atoms with Crippen molar-refractivity contribution < 1.29 is 27.5 Å². The highest BCUT2D eigenvalue weighted by molar-refractivity contribution is 5.97. The minimum absolute atomic E-state index is 0.0290. The minimum Gasteiger partial charge on any atom is -0.465 e. The van der Waals surface area contributed by atoms with E-state index in [1.54, 1.807) is 18.4 Å². The van der Waals surface area contributed by atoms with Crippen LogP contribution < -0.4 is 0 Å². The maximum absolute atomic E-state index is 12.9. The van der Waals surface area contributed by atoms with Crippen molar-refractivity contribution in [1.82, 2.24) is 9.47 Å². The fraction of sp³-hybridized carbons (Fsp3) is 0.600. The van der Waals surface area contributed by atoms with E-state index in [4.69, 9.17) is 4.74 Å². The van der Waals surface area contributed by atoms with Crippen molar-refractivity contribution in [3.63, 3.8) is 0 Å². The molecule has 0 radical (unpaired) electrons. The first-order valence-corrected chi connectivity index (χ1v) is 7.39. The molecule has 1 aromatic heterocycles. The molecule has 1 amide bonds. The van der Waals surface area contributed by atoms with Gasteiger partial charge in [0.05, 0.1) is 12.2 Å². The van der Waals surface area contributed by atoms with Crippen LogP contribution in [-0.2, 0) is 22.5 Å². The lowest BCUT2D eigenvalue weighted by Crippen LogP contribution is -2.50. The average Bonchev–Trinajstić information content (AvgIpc) is 2.76. The lowest BCUT2D eigenvalue weighted by Gasteiger charge is -2.34. The number of esters is 1. The minimum atomic E-state index is -4.46. The normalized spacial score (nSPS) is 16.3. The predicted molar refractivity (Wildman–Crippen MR) is 76.1 cm³/mol. The number of hydrogen-bond donors (Lipinski definition) is 0. The lowest BCUT2D eigenvalue weighted by molar-refractivity contribution is -0.172. The van der Waals surface area contributed by atoms with Crippen molar-refractivity contribution in [1.29, 1.82) is 0 Å². The molecule has 1 aromatic rings. The standard InChI is InChI=1S/C15H19F3N2O3/c1-4-23-13(21)8-20-9(2)7-11-12(20)5-6-19(14(11)22)10(3)15(16,17)18/h7,10H,4-6,8H2,1-3H3. The molecule has 0 saturated carbocycles. The number of aryl methyl sites for hydroxylation is 1. The largest absolute Gasteiger partial charge is 0.465 e. The zero-order valence-corrected chi connectivity index (χ0v) is 13.2. The van der Waals surface area contributed by atoms with Crippen molar-refractivity contribution in [2.24, 2.45) is 0 Å². The summed E-state index contributed by atoms with van der Waals surface area (Å²) in [6, 6.07) is -0.302. The summed E-state index contributed by atoms with van der Waals surface area (Å²) in [6.07, 6.45) is -4.19. The van der Waals surface area contributed by atoms with Crippen LogP contribution in [0.4, 0.5) is 13.2 Å². The molecule has 0 bridgehead atoms. The number of hydrogen-bond acceptors (Lipinski definition) is 3. The topological polar surface area (TPSA) is 51.5 Å². The quantitative estimate of drug-likeness (QED) is 0.795. The van der Waals surface area contributed by atoms with Crippen LogP contribution in [0.5, 0.6) is 0 Å². The molecule has 8 heteroatoms. The zero-order chi connectivity index (χ0) is 17.4. The highest BCUT2D eigenvalue weighted by atomic mass is 19.4. The van der Waals surface area contributed by atoms with Gasteiger partial charge >= 0.3 is 12.1 Å². The number of nitrogens with zero attached hydrogens (tertiary/aromatic N) is 2. The van der Waals surface area contributed by atoms with Crippen LogP contribution in [0.15, 0.2) is 6.07 Å². The van der Waals surface area contributed by atoms with Gasteiger partial charge in [0.2, 0.25) is 0 Å². The number of rotatable bonds is 4. The van der Waals surface area contributed by atoms with Crippen LogP contribution in [-0.4, -0.2) is 46.7 Å². The van der Waals surface area contributed by atoms with Gasteiger partial charge in [0.1, 0.15) is 12.6 Å². The third-order valence-corrected chi connectivity index (χ3v) is 4.03. The number of carbonyl (C=O) groups excluding carboxylic acids is 2. The highest BCUT2D eigenvalue weighted by Gasteiger charge is 2.44. The predicted octanol–water partition coefficient (Wildman–Crippen LogP) is 2.31. The molecule has 2 heterocycles. The number of amides is 1. The van der Waals surface area contributed by atoms with Crippen LogP contribution in [0.2, 0.25) is 0 Å². The van der Waals surface area contributed by atoms with E-state index < -0.39 is 24.1 Å². The van der Waals surface area contributed by atoms with Crippen molar-refractivity contribution in [3.05, 3.63) is 23.0 Å². The van der Waals surface area contributed by atoms with Crippen molar-refractivity contribution in [3.8, 4) is 0 Å². The lowest BCUT2D eigenvalue weighted by atomic mass is 10.0. The molecule has 23 heavy (non-hydrogen) atoms. The maximum atomic E-state index is 12.9. The molecular formula is C15H19F3N2O3. The van der Waals surface area contributed by atoms with E-state index in [9.17, 15) is 22.8 Å². The van der Waals surface area contributed by atoms with Crippen LogP contribution >= 0.6 is 0 Å². The Morgan fingerprint density at radius 2 is 2.09 bits per heavy atom. The zero-order valence-electron chi connectivity index (χ0n) is 13.2. The van der Waals surface area contributed by atoms with Gasteiger partial charge in [-0.05, 0) is 26.8 Å². The van der Waals surface area contributed by atoms with Gasteiger partial charge < -0.3 is 14.2 Å². The molecule has 1 aliphatic rings. The summed E-state index contributed by atoms with van der Waals surface area (Å²) in [7, 11) is 0. The van der Waals surface area contributed by atoms with E-state index in [-0.39, 0.29) is 31.7 Å². The summed E-state index contributed by atoms with van der Waals surface area (Å²) < 4.78 is 45.1. The first kappa shape index (κ1) is 17.4. The summed E-state index contributed by atoms with van der Waals surface area (Å²) in [5.74, 6) is -1.09. The van der Waals surface area contributed by atoms with Gasteiger partial charge in [-0.1, -0.05) is 0 Å².